The molecule has 0 heterocycles. The fourth-order valence-electron chi connectivity index (χ4n) is 1.47. The molecule has 5 nitrogen and oxygen atoms in total. The molecular formula is C12H19N3O2. The summed E-state index contributed by atoms with van der Waals surface area (Å²) < 4.78 is 0. The normalized spacial score (nSPS) is 10.4. The Morgan fingerprint density at radius 3 is 2.47 bits per heavy atom. The van der Waals surface area contributed by atoms with Gasteiger partial charge >= 0.3 is 0 Å². The number of nitrogens with one attached hydrogen (secondary N) is 2. The van der Waals surface area contributed by atoms with Crippen LogP contribution in [0.5, 0.6) is 0 Å². The quantitative estimate of drug-likeness (QED) is 0.589. The second-order valence-electron chi connectivity index (χ2n) is 4.38. The van der Waals surface area contributed by atoms with Crippen LogP contribution >= 0.6 is 0 Å². The van der Waals surface area contributed by atoms with Crippen LogP contribution in [-0.2, 0) is 0 Å². The third-order valence-corrected chi connectivity index (χ3v) is 2.47. The van der Waals surface area contributed by atoms with E-state index in [2.05, 4.69) is 24.5 Å². The van der Waals surface area contributed by atoms with E-state index in [1.807, 2.05) is 6.07 Å². The summed E-state index contributed by atoms with van der Waals surface area (Å²) in [6.45, 7) is 5.12. The lowest BCUT2D eigenvalue weighted by molar-refractivity contribution is -0.384. The molecule has 1 rings (SSSR count). The van der Waals surface area contributed by atoms with Crippen LogP contribution in [0.25, 0.3) is 0 Å². The maximum Gasteiger partial charge on any atom is 0.273 e. The van der Waals surface area contributed by atoms with E-state index >= 15 is 0 Å². The number of hydrogen-bond donors (Lipinski definition) is 2. The van der Waals surface area contributed by atoms with E-state index < -0.39 is 0 Å². The zero-order valence-corrected chi connectivity index (χ0v) is 10.5. The lowest BCUT2D eigenvalue weighted by Crippen LogP contribution is -2.05. The van der Waals surface area contributed by atoms with Gasteiger partial charge in [0.2, 0.25) is 0 Å². The molecule has 94 valence electrons. The van der Waals surface area contributed by atoms with E-state index in [1.54, 1.807) is 13.1 Å². The Hall–Kier alpha value is -1.78. The molecule has 17 heavy (non-hydrogen) atoms. The highest BCUT2D eigenvalue weighted by Gasteiger charge is 2.08. The third-order valence-electron chi connectivity index (χ3n) is 2.47. The molecule has 2 N–H and O–H groups in total. The summed E-state index contributed by atoms with van der Waals surface area (Å²) in [6, 6.07) is 4.95. The van der Waals surface area contributed by atoms with E-state index in [-0.39, 0.29) is 10.6 Å². The minimum Gasteiger partial charge on any atom is -0.388 e. The summed E-state index contributed by atoms with van der Waals surface area (Å²) in [6.07, 6.45) is 1.04. The first-order valence-electron chi connectivity index (χ1n) is 5.74. The van der Waals surface area contributed by atoms with Crippen LogP contribution in [0.4, 0.5) is 17.1 Å². The molecule has 0 atom stereocenters. The number of nitro groups is 1. The van der Waals surface area contributed by atoms with Crippen molar-refractivity contribution in [3.63, 3.8) is 0 Å². The number of benzene rings is 1. The van der Waals surface area contributed by atoms with Crippen LogP contribution in [0.2, 0.25) is 0 Å². The van der Waals surface area contributed by atoms with Gasteiger partial charge in [-0.2, -0.15) is 0 Å². The van der Waals surface area contributed by atoms with Gasteiger partial charge in [0.15, 0.2) is 0 Å². The number of nitrogens with zero attached hydrogens (tertiary/aromatic N) is 1. The van der Waals surface area contributed by atoms with Gasteiger partial charge in [-0.3, -0.25) is 10.1 Å². The van der Waals surface area contributed by atoms with Crippen LogP contribution in [-0.4, -0.2) is 18.5 Å². The van der Waals surface area contributed by atoms with Crippen LogP contribution in [0, 0.1) is 16.0 Å². The maximum absolute atomic E-state index is 10.8. The molecule has 0 spiro atoms. The Kier molecular flexibility index (Phi) is 4.75. The van der Waals surface area contributed by atoms with Gasteiger partial charge < -0.3 is 10.6 Å². The SMILES string of the molecule is CNc1cc(NCCC(C)C)cc([N+](=O)[O-])c1. The molecule has 0 amide bonds. The van der Waals surface area contributed by atoms with Gasteiger partial charge in [0.25, 0.3) is 5.69 Å². The van der Waals surface area contributed by atoms with Crippen molar-refractivity contribution >= 4 is 17.1 Å². The summed E-state index contributed by atoms with van der Waals surface area (Å²) >= 11 is 0. The average molecular weight is 237 g/mol. The molecule has 0 aromatic heterocycles. The summed E-state index contributed by atoms with van der Waals surface area (Å²) in [5.74, 6) is 0.616. The zero-order chi connectivity index (χ0) is 12.8. The maximum atomic E-state index is 10.8. The molecule has 1 aromatic rings. The zero-order valence-electron chi connectivity index (χ0n) is 10.5. The van der Waals surface area contributed by atoms with Crippen molar-refractivity contribution in [2.24, 2.45) is 5.92 Å². The predicted octanol–water partition coefficient (Wildman–Crippen LogP) is 3.09. The molecule has 0 bridgehead atoms. The van der Waals surface area contributed by atoms with Gasteiger partial charge in [0.05, 0.1) is 4.92 Å². The topological polar surface area (TPSA) is 67.2 Å². The highest BCUT2D eigenvalue weighted by molar-refractivity contribution is 5.63. The lowest BCUT2D eigenvalue weighted by Gasteiger charge is -2.10. The second kappa shape index (κ2) is 6.08. The Morgan fingerprint density at radius 2 is 1.94 bits per heavy atom. The van der Waals surface area contributed by atoms with Gasteiger partial charge in [-0.1, -0.05) is 13.8 Å². The van der Waals surface area contributed by atoms with Crippen LogP contribution in [0.3, 0.4) is 0 Å². The molecule has 0 unspecified atom stereocenters. The Morgan fingerprint density at radius 1 is 1.29 bits per heavy atom. The minimum absolute atomic E-state index is 0.101. The summed E-state index contributed by atoms with van der Waals surface area (Å²) in [7, 11) is 1.75. The molecule has 0 fully saturated rings. The van der Waals surface area contributed by atoms with E-state index in [1.165, 1.54) is 6.07 Å². The van der Waals surface area contributed by atoms with E-state index in [9.17, 15) is 10.1 Å². The minimum atomic E-state index is -0.380. The highest BCUT2D eigenvalue weighted by atomic mass is 16.6. The standard InChI is InChI=1S/C12H19N3O2/c1-9(2)4-5-14-11-6-10(13-3)7-12(8-11)15(16)17/h6-9,13-14H,4-5H2,1-3H3. The molecule has 0 aliphatic carbocycles. The first kappa shape index (κ1) is 13.3. The molecule has 0 aliphatic rings. The lowest BCUT2D eigenvalue weighted by atomic mass is 10.1. The fraction of sp³-hybridized carbons (Fsp3) is 0.500. The van der Waals surface area contributed by atoms with E-state index in [0.717, 1.165) is 24.3 Å². The predicted molar refractivity (Wildman–Crippen MR) is 70.6 cm³/mol. The van der Waals surface area contributed by atoms with Crippen LogP contribution in [0.1, 0.15) is 20.3 Å². The molecule has 0 saturated carbocycles. The third kappa shape index (κ3) is 4.30. The van der Waals surface area contributed by atoms with Crippen molar-refractivity contribution in [3.05, 3.63) is 28.3 Å². The molecule has 1 aromatic carbocycles. The van der Waals surface area contributed by atoms with Gasteiger partial charge in [-0.05, 0) is 18.4 Å². The van der Waals surface area contributed by atoms with Crippen molar-refractivity contribution in [3.8, 4) is 0 Å². The monoisotopic (exact) mass is 237 g/mol. The first-order valence-corrected chi connectivity index (χ1v) is 5.74. The number of non-ortho nitro benzene ring substituents is 1. The molecule has 5 heteroatoms. The van der Waals surface area contributed by atoms with E-state index in [4.69, 9.17) is 0 Å². The van der Waals surface area contributed by atoms with Gasteiger partial charge in [-0.15, -0.1) is 0 Å². The largest absolute Gasteiger partial charge is 0.388 e. The number of hydrogen-bond acceptors (Lipinski definition) is 4. The molecule has 0 aliphatic heterocycles. The second-order valence-corrected chi connectivity index (χ2v) is 4.38. The Labute approximate surface area is 101 Å². The van der Waals surface area contributed by atoms with Crippen molar-refractivity contribution in [2.75, 3.05) is 24.2 Å². The van der Waals surface area contributed by atoms with Crippen molar-refractivity contribution in [2.45, 2.75) is 20.3 Å². The van der Waals surface area contributed by atoms with E-state index in [0.29, 0.717) is 5.92 Å². The fourth-order valence-corrected chi connectivity index (χ4v) is 1.47. The highest BCUT2D eigenvalue weighted by Crippen LogP contribution is 2.24. The van der Waals surface area contributed by atoms with Crippen molar-refractivity contribution < 1.29 is 4.92 Å². The summed E-state index contributed by atoms with van der Waals surface area (Å²) in [5.41, 5.74) is 1.62. The molecule has 0 saturated heterocycles. The summed E-state index contributed by atoms with van der Waals surface area (Å²) in [5, 5.41) is 16.9. The van der Waals surface area contributed by atoms with Crippen molar-refractivity contribution in [1.29, 1.82) is 0 Å². The van der Waals surface area contributed by atoms with Crippen LogP contribution in [0.15, 0.2) is 18.2 Å². The van der Waals surface area contributed by atoms with Gasteiger partial charge in [-0.25, -0.2) is 0 Å². The number of nitro benzene ring substituents is 1. The van der Waals surface area contributed by atoms with Crippen molar-refractivity contribution in [1.82, 2.24) is 0 Å². The number of rotatable bonds is 6. The van der Waals surface area contributed by atoms with Gasteiger partial charge in [0, 0.05) is 37.1 Å². The Balaban J connectivity index is 2.76. The number of anilines is 2. The molecule has 0 radical (unpaired) electrons. The smallest absolute Gasteiger partial charge is 0.273 e. The first-order chi connectivity index (χ1) is 8.02. The van der Waals surface area contributed by atoms with Gasteiger partial charge in [0.1, 0.15) is 0 Å². The van der Waals surface area contributed by atoms with Crippen LogP contribution < -0.4 is 10.6 Å². The molecular weight excluding hydrogens is 218 g/mol. The average Bonchev–Trinajstić information content (AvgIpc) is 2.28. The summed E-state index contributed by atoms with van der Waals surface area (Å²) in [4.78, 5) is 10.4. The Bertz CT molecular complexity index is 391.